The molecule has 0 saturated heterocycles. The zero-order chi connectivity index (χ0) is 16.4. The molecule has 120 valence electrons. The third-order valence-corrected chi connectivity index (χ3v) is 3.48. The topological polar surface area (TPSA) is 83.7 Å². The molecule has 0 aliphatic carbocycles. The lowest BCUT2D eigenvalue weighted by atomic mass is 10.2. The quantitative estimate of drug-likeness (QED) is 0.667. The lowest BCUT2D eigenvalue weighted by molar-refractivity contribution is 0.112. The van der Waals surface area contributed by atoms with E-state index in [0.29, 0.717) is 34.5 Å². The molecule has 7 nitrogen and oxygen atoms in total. The van der Waals surface area contributed by atoms with E-state index in [1.807, 2.05) is 6.07 Å². The molecular weight excluding hydrogens is 312 g/mol. The Hall–Kier alpha value is -3.35. The number of aromatic nitrogens is 2. The summed E-state index contributed by atoms with van der Waals surface area (Å²) < 4.78 is 21.4. The molecule has 0 saturated carbocycles. The minimum Gasteiger partial charge on any atom is -0.484 e. The maximum atomic E-state index is 10.6. The number of hydrogen-bond donors (Lipinski definition) is 0. The minimum atomic E-state index is 0.137. The molecule has 0 unspecified atom stereocenters. The molecule has 1 aromatic heterocycles. The number of nitrogens with zero attached hydrogens (tertiary/aromatic N) is 2. The Kier molecular flexibility index (Phi) is 3.59. The van der Waals surface area contributed by atoms with Crippen molar-refractivity contribution in [2.75, 3.05) is 6.79 Å². The average molecular weight is 324 g/mol. The van der Waals surface area contributed by atoms with Crippen LogP contribution in [0.25, 0.3) is 11.4 Å². The third kappa shape index (κ3) is 2.79. The van der Waals surface area contributed by atoms with Gasteiger partial charge in [0.1, 0.15) is 12.0 Å². The predicted molar refractivity (Wildman–Crippen MR) is 82.0 cm³/mol. The molecule has 24 heavy (non-hydrogen) atoms. The summed E-state index contributed by atoms with van der Waals surface area (Å²) in [5.41, 5.74) is 1.36. The Morgan fingerprint density at radius 3 is 2.75 bits per heavy atom. The SMILES string of the molecule is O=Cc1ccc(OCc2nc(-c3ccc4c(c3)OCO4)no2)cc1. The molecule has 7 heteroatoms. The van der Waals surface area contributed by atoms with E-state index in [9.17, 15) is 4.79 Å². The van der Waals surface area contributed by atoms with E-state index in [2.05, 4.69) is 10.1 Å². The molecule has 0 N–H and O–H groups in total. The predicted octanol–water partition coefficient (Wildman–Crippen LogP) is 2.86. The maximum Gasteiger partial charge on any atom is 0.264 e. The van der Waals surface area contributed by atoms with Crippen molar-refractivity contribution in [2.24, 2.45) is 0 Å². The van der Waals surface area contributed by atoms with Gasteiger partial charge in [0.05, 0.1) is 0 Å². The maximum absolute atomic E-state index is 10.6. The summed E-state index contributed by atoms with van der Waals surface area (Å²) in [4.78, 5) is 14.9. The second kappa shape index (κ2) is 6.04. The molecule has 1 aliphatic rings. The van der Waals surface area contributed by atoms with Gasteiger partial charge >= 0.3 is 0 Å². The Morgan fingerprint density at radius 1 is 1.08 bits per heavy atom. The van der Waals surface area contributed by atoms with Crippen molar-refractivity contribution in [3.8, 4) is 28.6 Å². The fraction of sp³-hybridized carbons (Fsp3) is 0.118. The second-order valence-corrected chi connectivity index (χ2v) is 5.06. The number of hydrogen-bond acceptors (Lipinski definition) is 7. The molecule has 0 atom stereocenters. The van der Waals surface area contributed by atoms with Crippen LogP contribution in [0.1, 0.15) is 16.2 Å². The lowest BCUT2D eigenvalue weighted by Crippen LogP contribution is -1.96. The van der Waals surface area contributed by atoms with Crippen molar-refractivity contribution in [1.82, 2.24) is 10.1 Å². The fourth-order valence-corrected chi connectivity index (χ4v) is 2.25. The van der Waals surface area contributed by atoms with Gasteiger partial charge in [0.25, 0.3) is 5.89 Å². The highest BCUT2D eigenvalue weighted by atomic mass is 16.7. The molecule has 0 fully saturated rings. The minimum absolute atomic E-state index is 0.137. The first-order valence-electron chi connectivity index (χ1n) is 7.22. The van der Waals surface area contributed by atoms with Gasteiger partial charge in [0.2, 0.25) is 12.6 Å². The van der Waals surface area contributed by atoms with Gasteiger partial charge in [-0.25, -0.2) is 0 Å². The molecule has 1 aliphatic heterocycles. The first kappa shape index (κ1) is 14.3. The monoisotopic (exact) mass is 324 g/mol. The molecule has 3 aromatic rings. The lowest BCUT2D eigenvalue weighted by Gasteiger charge is -2.02. The van der Waals surface area contributed by atoms with Crippen LogP contribution in [0.15, 0.2) is 47.0 Å². The molecule has 0 radical (unpaired) electrons. The highest BCUT2D eigenvalue weighted by Gasteiger charge is 2.16. The molecule has 0 spiro atoms. The van der Waals surface area contributed by atoms with Crippen molar-refractivity contribution >= 4 is 6.29 Å². The number of fused-ring (bicyclic) bond motifs is 1. The average Bonchev–Trinajstić information content (AvgIpc) is 3.29. The number of carbonyl (C=O) groups excluding carboxylic acids is 1. The summed E-state index contributed by atoms with van der Waals surface area (Å²) in [6.07, 6.45) is 0.777. The normalized spacial score (nSPS) is 12.2. The van der Waals surface area contributed by atoms with Crippen LogP contribution in [0.3, 0.4) is 0 Å². The van der Waals surface area contributed by atoms with Gasteiger partial charge in [-0.15, -0.1) is 0 Å². The van der Waals surface area contributed by atoms with Crippen LogP contribution in [-0.4, -0.2) is 23.2 Å². The van der Waals surface area contributed by atoms with Gasteiger partial charge in [-0.1, -0.05) is 5.16 Å². The molecule has 2 aromatic carbocycles. The molecule has 0 bridgehead atoms. The van der Waals surface area contributed by atoms with Crippen LogP contribution in [0.2, 0.25) is 0 Å². The van der Waals surface area contributed by atoms with Gasteiger partial charge in [-0.05, 0) is 42.5 Å². The summed E-state index contributed by atoms with van der Waals surface area (Å²) in [5.74, 6) is 2.77. The van der Waals surface area contributed by atoms with E-state index in [1.54, 1.807) is 36.4 Å². The standard InChI is InChI=1S/C17H12N2O5/c20-8-11-1-4-13(5-2-11)21-9-16-18-17(19-24-16)12-3-6-14-15(7-12)23-10-22-14/h1-8H,9-10H2. The van der Waals surface area contributed by atoms with Crippen molar-refractivity contribution in [1.29, 1.82) is 0 Å². The van der Waals surface area contributed by atoms with Crippen LogP contribution >= 0.6 is 0 Å². The Morgan fingerprint density at radius 2 is 1.92 bits per heavy atom. The largest absolute Gasteiger partial charge is 0.484 e. The summed E-state index contributed by atoms with van der Waals surface area (Å²) in [5, 5.41) is 3.94. The molecule has 4 rings (SSSR count). The number of ether oxygens (including phenoxy) is 3. The number of rotatable bonds is 5. The Bertz CT molecular complexity index is 873. The Labute approximate surface area is 136 Å². The van der Waals surface area contributed by atoms with Gasteiger partial charge in [0, 0.05) is 11.1 Å². The second-order valence-electron chi connectivity index (χ2n) is 5.06. The van der Waals surface area contributed by atoms with E-state index < -0.39 is 0 Å². The van der Waals surface area contributed by atoms with E-state index in [4.69, 9.17) is 18.7 Å². The Balaban J connectivity index is 1.45. The summed E-state index contributed by atoms with van der Waals surface area (Å²) >= 11 is 0. The molecule has 0 amide bonds. The number of aldehydes is 1. The summed E-state index contributed by atoms with van der Waals surface area (Å²) in [6, 6.07) is 12.2. The van der Waals surface area contributed by atoms with Gasteiger partial charge in [-0.3, -0.25) is 4.79 Å². The first-order chi connectivity index (χ1) is 11.8. The van der Waals surface area contributed by atoms with Crippen LogP contribution in [0, 0.1) is 0 Å². The van der Waals surface area contributed by atoms with Crippen molar-refractivity contribution in [3.63, 3.8) is 0 Å². The van der Waals surface area contributed by atoms with Gasteiger partial charge < -0.3 is 18.7 Å². The van der Waals surface area contributed by atoms with Crippen LogP contribution in [-0.2, 0) is 6.61 Å². The van der Waals surface area contributed by atoms with Gasteiger partial charge in [0.15, 0.2) is 18.1 Å². The fourth-order valence-electron chi connectivity index (χ4n) is 2.25. The van der Waals surface area contributed by atoms with E-state index in [-0.39, 0.29) is 13.4 Å². The van der Waals surface area contributed by atoms with Gasteiger partial charge in [-0.2, -0.15) is 4.98 Å². The highest BCUT2D eigenvalue weighted by molar-refractivity contribution is 5.74. The van der Waals surface area contributed by atoms with Crippen molar-refractivity contribution in [3.05, 3.63) is 53.9 Å². The summed E-state index contributed by atoms with van der Waals surface area (Å²) in [6.45, 7) is 0.352. The zero-order valence-corrected chi connectivity index (χ0v) is 12.5. The number of benzene rings is 2. The zero-order valence-electron chi connectivity index (χ0n) is 12.5. The third-order valence-electron chi connectivity index (χ3n) is 3.48. The van der Waals surface area contributed by atoms with E-state index in [1.165, 1.54) is 0 Å². The smallest absolute Gasteiger partial charge is 0.264 e. The van der Waals surface area contributed by atoms with E-state index in [0.717, 1.165) is 11.8 Å². The highest BCUT2D eigenvalue weighted by Crippen LogP contribution is 2.35. The van der Waals surface area contributed by atoms with Crippen molar-refractivity contribution in [2.45, 2.75) is 6.61 Å². The number of carbonyl (C=O) groups is 1. The summed E-state index contributed by atoms with van der Waals surface area (Å²) in [7, 11) is 0. The van der Waals surface area contributed by atoms with Crippen molar-refractivity contribution < 1.29 is 23.5 Å². The van der Waals surface area contributed by atoms with Crippen LogP contribution in [0.4, 0.5) is 0 Å². The van der Waals surface area contributed by atoms with Crippen LogP contribution in [0.5, 0.6) is 17.2 Å². The molecule has 2 heterocycles. The van der Waals surface area contributed by atoms with Crippen LogP contribution < -0.4 is 14.2 Å². The molecular formula is C17H12N2O5. The first-order valence-corrected chi connectivity index (χ1v) is 7.22. The van der Waals surface area contributed by atoms with E-state index >= 15 is 0 Å².